The molecule has 23 heavy (non-hydrogen) atoms. The molecule has 1 aromatic carbocycles. The number of aromatic carboxylic acids is 1. The molecule has 0 aliphatic rings. The van der Waals surface area contributed by atoms with Crippen LogP contribution in [0.4, 0.5) is 0 Å². The van der Waals surface area contributed by atoms with E-state index in [2.05, 4.69) is 4.98 Å². The standard InChI is InChI=1S/C17H16N2O4/c1-2-22-12-6-8-13(9-7-12)23-11-14-16(17(20)21)19-10-4-3-5-15(19)18-14/h3-10H,2,11H2,1H3,(H,20,21). The Morgan fingerprint density at radius 1 is 1.13 bits per heavy atom. The number of hydrogen-bond donors (Lipinski definition) is 1. The van der Waals surface area contributed by atoms with Gasteiger partial charge in [-0.05, 0) is 43.3 Å². The van der Waals surface area contributed by atoms with E-state index in [-0.39, 0.29) is 12.3 Å². The van der Waals surface area contributed by atoms with Gasteiger partial charge in [0.25, 0.3) is 0 Å². The van der Waals surface area contributed by atoms with Crippen LogP contribution in [0.25, 0.3) is 5.65 Å². The number of ether oxygens (including phenoxy) is 2. The van der Waals surface area contributed by atoms with Crippen molar-refractivity contribution in [1.82, 2.24) is 9.38 Å². The lowest BCUT2D eigenvalue weighted by Crippen LogP contribution is -2.07. The van der Waals surface area contributed by atoms with Crippen molar-refractivity contribution >= 4 is 11.6 Å². The molecular weight excluding hydrogens is 296 g/mol. The molecule has 0 amide bonds. The van der Waals surface area contributed by atoms with E-state index in [0.29, 0.717) is 23.7 Å². The zero-order chi connectivity index (χ0) is 16.2. The zero-order valence-electron chi connectivity index (χ0n) is 12.6. The Balaban J connectivity index is 1.81. The summed E-state index contributed by atoms with van der Waals surface area (Å²) in [4.78, 5) is 15.8. The van der Waals surface area contributed by atoms with Crippen LogP contribution in [0.15, 0.2) is 48.7 Å². The maximum absolute atomic E-state index is 11.5. The molecule has 1 N–H and O–H groups in total. The van der Waals surface area contributed by atoms with Crippen molar-refractivity contribution < 1.29 is 19.4 Å². The SMILES string of the molecule is CCOc1ccc(OCc2nc3ccccn3c2C(=O)O)cc1. The summed E-state index contributed by atoms with van der Waals surface area (Å²) in [6.45, 7) is 2.60. The second-order valence-electron chi connectivity index (χ2n) is 4.83. The average molecular weight is 312 g/mol. The third-order valence-electron chi connectivity index (χ3n) is 3.31. The minimum atomic E-state index is -1.03. The van der Waals surface area contributed by atoms with Crippen molar-refractivity contribution in [3.63, 3.8) is 0 Å². The molecule has 0 unspecified atom stereocenters. The van der Waals surface area contributed by atoms with E-state index in [4.69, 9.17) is 9.47 Å². The predicted molar refractivity (Wildman–Crippen MR) is 84.1 cm³/mol. The van der Waals surface area contributed by atoms with E-state index in [1.807, 2.05) is 13.0 Å². The summed E-state index contributed by atoms with van der Waals surface area (Å²) < 4.78 is 12.6. The predicted octanol–water partition coefficient (Wildman–Crippen LogP) is 3.01. The molecule has 0 aliphatic heterocycles. The number of carboxylic acid groups (broad SMARTS) is 1. The number of benzene rings is 1. The highest BCUT2D eigenvalue weighted by Crippen LogP contribution is 2.20. The zero-order valence-corrected chi connectivity index (χ0v) is 12.6. The summed E-state index contributed by atoms with van der Waals surface area (Å²) in [5.74, 6) is 0.356. The molecule has 0 bridgehead atoms. The van der Waals surface area contributed by atoms with Gasteiger partial charge in [-0.2, -0.15) is 0 Å². The van der Waals surface area contributed by atoms with Crippen molar-refractivity contribution in [2.24, 2.45) is 0 Å². The fraction of sp³-hybridized carbons (Fsp3) is 0.176. The summed E-state index contributed by atoms with van der Waals surface area (Å²) in [6.07, 6.45) is 1.67. The van der Waals surface area contributed by atoms with Crippen molar-refractivity contribution in [3.8, 4) is 11.5 Å². The maximum Gasteiger partial charge on any atom is 0.354 e. The van der Waals surface area contributed by atoms with Gasteiger partial charge in [-0.1, -0.05) is 6.07 Å². The average Bonchev–Trinajstić information content (AvgIpc) is 2.93. The largest absolute Gasteiger partial charge is 0.494 e. The number of nitrogens with zero attached hydrogens (tertiary/aromatic N) is 2. The summed E-state index contributed by atoms with van der Waals surface area (Å²) in [6, 6.07) is 12.5. The number of carboxylic acids is 1. The van der Waals surface area contributed by atoms with Gasteiger partial charge in [0.2, 0.25) is 0 Å². The summed E-state index contributed by atoms with van der Waals surface area (Å²) in [7, 11) is 0. The van der Waals surface area contributed by atoms with Gasteiger partial charge in [-0.3, -0.25) is 4.40 Å². The molecule has 2 heterocycles. The van der Waals surface area contributed by atoms with Crippen LogP contribution >= 0.6 is 0 Å². The van der Waals surface area contributed by atoms with Crippen LogP contribution in [-0.2, 0) is 6.61 Å². The van der Waals surface area contributed by atoms with Crippen molar-refractivity contribution in [3.05, 3.63) is 60.0 Å². The van der Waals surface area contributed by atoms with E-state index in [9.17, 15) is 9.90 Å². The van der Waals surface area contributed by atoms with Gasteiger partial charge in [0.05, 0.1) is 6.61 Å². The van der Waals surface area contributed by atoms with E-state index in [1.165, 1.54) is 0 Å². The molecule has 0 spiro atoms. The summed E-state index contributed by atoms with van der Waals surface area (Å²) in [5.41, 5.74) is 1.08. The lowest BCUT2D eigenvalue weighted by Gasteiger charge is -2.07. The number of hydrogen-bond acceptors (Lipinski definition) is 4. The summed E-state index contributed by atoms with van der Waals surface area (Å²) >= 11 is 0. The van der Waals surface area contributed by atoms with E-state index < -0.39 is 5.97 Å². The van der Waals surface area contributed by atoms with Gasteiger partial charge >= 0.3 is 5.97 Å². The Hall–Kier alpha value is -3.02. The first-order valence-electron chi connectivity index (χ1n) is 7.24. The quantitative estimate of drug-likeness (QED) is 0.757. The molecule has 6 heteroatoms. The lowest BCUT2D eigenvalue weighted by molar-refractivity contribution is 0.0686. The van der Waals surface area contributed by atoms with Gasteiger partial charge in [0.1, 0.15) is 29.4 Å². The lowest BCUT2D eigenvalue weighted by atomic mass is 10.3. The Labute approximate surface area is 132 Å². The molecule has 3 aromatic rings. The monoisotopic (exact) mass is 312 g/mol. The Morgan fingerprint density at radius 3 is 2.48 bits per heavy atom. The van der Waals surface area contributed by atoms with Gasteiger partial charge in [-0.25, -0.2) is 9.78 Å². The van der Waals surface area contributed by atoms with Gasteiger partial charge in [0, 0.05) is 6.20 Å². The first-order chi connectivity index (χ1) is 11.2. The maximum atomic E-state index is 11.5. The fourth-order valence-electron chi connectivity index (χ4n) is 2.32. The molecule has 0 saturated carbocycles. The summed E-state index contributed by atoms with van der Waals surface area (Å²) in [5, 5.41) is 9.41. The second kappa shape index (κ2) is 6.39. The second-order valence-corrected chi connectivity index (χ2v) is 4.83. The van der Waals surface area contributed by atoms with E-state index in [1.54, 1.807) is 47.0 Å². The molecule has 0 radical (unpaired) electrons. The van der Waals surface area contributed by atoms with Crippen LogP contribution < -0.4 is 9.47 Å². The van der Waals surface area contributed by atoms with Crippen LogP contribution in [0.1, 0.15) is 23.1 Å². The minimum Gasteiger partial charge on any atom is -0.494 e. The number of fused-ring (bicyclic) bond motifs is 1. The Morgan fingerprint density at radius 2 is 1.83 bits per heavy atom. The fourth-order valence-corrected chi connectivity index (χ4v) is 2.32. The smallest absolute Gasteiger partial charge is 0.354 e. The highest BCUT2D eigenvalue weighted by atomic mass is 16.5. The normalized spacial score (nSPS) is 10.7. The molecule has 0 fully saturated rings. The van der Waals surface area contributed by atoms with Crippen LogP contribution in [0.5, 0.6) is 11.5 Å². The first kappa shape index (κ1) is 14.9. The van der Waals surface area contributed by atoms with Crippen LogP contribution in [0, 0.1) is 0 Å². The van der Waals surface area contributed by atoms with Gasteiger partial charge in [-0.15, -0.1) is 0 Å². The van der Waals surface area contributed by atoms with Crippen molar-refractivity contribution in [2.45, 2.75) is 13.5 Å². The third kappa shape index (κ3) is 3.11. The van der Waals surface area contributed by atoms with Crippen molar-refractivity contribution in [2.75, 3.05) is 6.61 Å². The highest BCUT2D eigenvalue weighted by molar-refractivity contribution is 5.88. The molecular formula is C17H16N2O4. The van der Waals surface area contributed by atoms with Gasteiger partial charge in [0.15, 0.2) is 5.69 Å². The number of rotatable bonds is 6. The molecule has 118 valence electrons. The first-order valence-corrected chi connectivity index (χ1v) is 7.24. The Bertz CT molecular complexity index is 824. The number of imidazole rings is 1. The Kier molecular flexibility index (Phi) is 4.14. The number of carbonyl (C=O) groups is 1. The molecule has 2 aromatic heterocycles. The van der Waals surface area contributed by atoms with Crippen LogP contribution in [0.2, 0.25) is 0 Å². The topological polar surface area (TPSA) is 73.1 Å². The molecule has 3 rings (SSSR count). The van der Waals surface area contributed by atoms with Crippen LogP contribution in [0.3, 0.4) is 0 Å². The molecule has 6 nitrogen and oxygen atoms in total. The van der Waals surface area contributed by atoms with Crippen LogP contribution in [-0.4, -0.2) is 27.1 Å². The van der Waals surface area contributed by atoms with Gasteiger partial charge < -0.3 is 14.6 Å². The number of pyridine rings is 1. The highest BCUT2D eigenvalue weighted by Gasteiger charge is 2.18. The van der Waals surface area contributed by atoms with E-state index in [0.717, 1.165) is 5.75 Å². The third-order valence-corrected chi connectivity index (χ3v) is 3.31. The minimum absolute atomic E-state index is 0.0806. The molecule has 0 saturated heterocycles. The molecule has 0 atom stereocenters. The molecule has 0 aliphatic carbocycles. The number of aromatic nitrogens is 2. The van der Waals surface area contributed by atoms with Crippen molar-refractivity contribution in [1.29, 1.82) is 0 Å². The van der Waals surface area contributed by atoms with E-state index >= 15 is 0 Å².